The van der Waals surface area contributed by atoms with Crippen molar-refractivity contribution in [2.24, 2.45) is 57.3 Å². The Hall–Kier alpha value is -11.4. The maximum atomic E-state index is 15.2. The zero-order valence-corrected chi connectivity index (χ0v) is 70.0. The van der Waals surface area contributed by atoms with Gasteiger partial charge in [0.2, 0.25) is 76.8 Å². The van der Waals surface area contributed by atoms with Crippen molar-refractivity contribution in [1.82, 2.24) is 68.0 Å². The molecule has 34 heteroatoms. The van der Waals surface area contributed by atoms with Gasteiger partial charge in [-0.05, 0) is 123 Å². The van der Waals surface area contributed by atoms with Gasteiger partial charge in [-0.15, -0.1) is 0 Å². The summed E-state index contributed by atoms with van der Waals surface area (Å²) in [6.45, 7) is 13.3. The molecule has 0 radical (unpaired) electrons. The zero-order chi connectivity index (χ0) is 87.9. The topological polar surface area (TPSA) is 547 Å². The van der Waals surface area contributed by atoms with Gasteiger partial charge in [-0.25, -0.2) is 0 Å². The number of likely N-dealkylation sites (tertiary alicyclic amines) is 2. The van der Waals surface area contributed by atoms with Crippen LogP contribution in [-0.4, -0.2) is 225 Å². The quantitative estimate of drug-likeness (QED) is 0.0139. The highest BCUT2D eigenvalue weighted by Gasteiger charge is 2.45. The van der Waals surface area contributed by atoms with E-state index in [1.54, 1.807) is 108 Å². The number of unbranched alkanes of at least 4 members (excludes halogenated alkanes) is 1. The summed E-state index contributed by atoms with van der Waals surface area (Å²) < 4.78 is 0. The average molecular weight is 1670 g/mol. The summed E-state index contributed by atoms with van der Waals surface area (Å²) in [6.07, 6.45) is 1.69. The van der Waals surface area contributed by atoms with Crippen LogP contribution in [0.25, 0.3) is 10.9 Å². The van der Waals surface area contributed by atoms with Crippen molar-refractivity contribution in [3.8, 4) is 0 Å². The van der Waals surface area contributed by atoms with Gasteiger partial charge in [0.05, 0.1) is 18.8 Å². The van der Waals surface area contributed by atoms with Crippen LogP contribution in [0.4, 0.5) is 0 Å². The number of guanidine groups is 1. The molecule has 654 valence electrons. The fourth-order valence-electron chi connectivity index (χ4n) is 14.8. The van der Waals surface area contributed by atoms with E-state index in [-0.39, 0.29) is 121 Å². The van der Waals surface area contributed by atoms with Crippen LogP contribution in [0.5, 0.6) is 0 Å². The van der Waals surface area contributed by atoms with Crippen LogP contribution in [0.15, 0.2) is 126 Å². The second-order valence-corrected chi connectivity index (χ2v) is 32.5. The van der Waals surface area contributed by atoms with Crippen molar-refractivity contribution in [2.75, 3.05) is 32.8 Å². The van der Waals surface area contributed by atoms with Crippen LogP contribution < -0.4 is 81.8 Å². The molecule has 7 rings (SSSR count). The summed E-state index contributed by atoms with van der Waals surface area (Å²) in [6, 6.07) is 16.4. The molecule has 2 aliphatic heterocycles. The number of para-hydroxylation sites is 1. The third-order valence-electron chi connectivity index (χ3n) is 21.6. The lowest BCUT2D eigenvalue weighted by Gasteiger charge is -2.32. The predicted octanol–water partition coefficient (Wildman–Crippen LogP) is 0.0211. The molecule has 0 saturated carbocycles. The fraction of sp³-hybridized carbons (Fsp3) is 0.535. The molecule has 2 saturated heterocycles. The number of carbonyl (C=O) groups is 13. The van der Waals surface area contributed by atoms with E-state index in [4.69, 9.17) is 28.7 Å². The van der Waals surface area contributed by atoms with Crippen LogP contribution in [0.1, 0.15) is 148 Å². The Labute approximate surface area is 701 Å². The van der Waals surface area contributed by atoms with Crippen molar-refractivity contribution in [3.05, 3.63) is 144 Å². The smallest absolute Gasteiger partial charge is 0.246 e. The molecule has 1 aromatic heterocycles. The molecule has 3 heterocycles. The zero-order valence-electron chi connectivity index (χ0n) is 70.0. The predicted molar refractivity (Wildman–Crippen MR) is 453 cm³/mol. The van der Waals surface area contributed by atoms with Crippen molar-refractivity contribution >= 4 is 93.7 Å². The Balaban J connectivity index is 1.10. The van der Waals surface area contributed by atoms with Gasteiger partial charge >= 0.3 is 0 Å². The Morgan fingerprint density at radius 1 is 0.500 bits per heavy atom. The molecule has 2 aliphatic rings. The number of H-pyrrole nitrogens is 1. The summed E-state index contributed by atoms with van der Waals surface area (Å²) in [4.78, 5) is 198. The van der Waals surface area contributed by atoms with Crippen molar-refractivity contribution < 1.29 is 72.5 Å². The maximum absolute atomic E-state index is 15.2. The second-order valence-electron chi connectivity index (χ2n) is 32.5. The molecule has 0 bridgehead atoms. The first-order valence-electron chi connectivity index (χ1n) is 41.6. The molecule has 0 unspecified atom stereocenters. The highest BCUT2D eigenvalue weighted by molar-refractivity contribution is 6.01. The van der Waals surface area contributed by atoms with E-state index < -0.39 is 180 Å². The number of benzene rings is 4. The normalized spacial score (nSPS) is 17.6. The molecule has 34 nitrogen and oxygen atoms in total. The first-order chi connectivity index (χ1) is 57.2. The van der Waals surface area contributed by atoms with Crippen LogP contribution >= 0.6 is 0 Å². The van der Waals surface area contributed by atoms with Gasteiger partial charge in [0.15, 0.2) is 5.96 Å². The Kier molecular flexibility index (Phi) is 37.9. The Morgan fingerprint density at radius 2 is 0.967 bits per heavy atom. The average Bonchev–Trinajstić information content (AvgIpc) is 1.62. The van der Waals surface area contributed by atoms with Crippen molar-refractivity contribution in [2.45, 2.75) is 236 Å². The number of nitrogens with two attached hydrogens (primary N) is 5. The van der Waals surface area contributed by atoms with E-state index in [2.05, 4.69) is 63.1 Å². The lowest BCUT2D eigenvalue weighted by atomic mass is 9.96. The number of hydrogen-bond donors (Lipinski definition) is 18. The first kappa shape index (κ1) is 95.8. The van der Waals surface area contributed by atoms with Gasteiger partial charge in [-0.3, -0.25) is 67.3 Å². The molecule has 15 atom stereocenters. The minimum absolute atomic E-state index is 0.0246. The van der Waals surface area contributed by atoms with Gasteiger partial charge in [0.1, 0.15) is 72.5 Å². The lowest BCUT2D eigenvalue weighted by molar-refractivity contribution is -0.143. The van der Waals surface area contributed by atoms with E-state index >= 15 is 14.4 Å². The molecule has 0 spiro atoms. The number of aromatic amines is 1. The number of β-amino-alcohol motifs (C(OH)–C–C–N with tert-alkyl or cyclic N) is 1. The summed E-state index contributed by atoms with van der Waals surface area (Å²) in [5, 5.41) is 50.5. The van der Waals surface area contributed by atoms with Gasteiger partial charge in [-0.1, -0.05) is 171 Å². The molecule has 0 aliphatic carbocycles. The number of carbonyl (C=O) groups excluding carboxylic acids is 13. The fourth-order valence-corrected chi connectivity index (χ4v) is 14.8. The number of fused-ring (bicyclic) bond motifs is 1. The number of primary amides is 1. The molecule has 2 fully saturated rings. The Bertz CT molecular complexity index is 4280. The number of nitrogens with one attached hydrogen (secondary N) is 11. The number of aliphatic hydroxyl groups is 2. The minimum Gasteiger partial charge on any atom is -0.394 e. The van der Waals surface area contributed by atoms with E-state index in [1.165, 1.54) is 4.90 Å². The van der Waals surface area contributed by atoms with Crippen LogP contribution in [0.3, 0.4) is 0 Å². The Morgan fingerprint density at radius 3 is 1.52 bits per heavy atom. The molecular formula is C86H125N19O15. The van der Waals surface area contributed by atoms with E-state index in [0.29, 0.717) is 36.0 Å². The van der Waals surface area contributed by atoms with E-state index in [9.17, 15) is 58.2 Å². The highest BCUT2D eigenvalue weighted by atomic mass is 16.3. The number of aliphatic hydroxyl groups excluding tert-OH is 2. The van der Waals surface area contributed by atoms with Gasteiger partial charge in [-0.2, -0.15) is 0 Å². The summed E-state index contributed by atoms with van der Waals surface area (Å²) in [5.74, 6) is -11.7. The maximum Gasteiger partial charge on any atom is 0.246 e. The third kappa shape index (κ3) is 29.0. The number of nitrogens with zero attached hydrogens (tertiary/aromatic N) is 3. The van der Waals surface area contributed by atoms with Gasteiger partial charge in [0, 0.05) is 62.4 Å². The molecule has 120 heavy (non-hydrogen) atoms. The highest BCUT2D eigenvalue weighted by Crippen LogP contribution is 2.26. The van der Waals surface area contributed by atoms with Crippen molar-refractivity contribution in [3.63, 3.8) is 0 Å². The molecule has 23 N–H and O–H groups in total. The number of aromatic nitrogens is 1. The number of aliphatic imine (C=N–C) groups is 1. The number of hydrogen-bond acceptors (Lipinski definition) is 18. The van der Waals surface area contributed by atoms with Crippen LogP contribution in [0.2, 0.25) is 0 Å². The third-order valence-corrected chi connectivity index (χ3v) is 21.6. The minimum atomic E-state index is -1.79. The lowest BCUT2D eigenvalue weighted by Crippen LogP contribution is -2.62. The molecule has 5 aromatic rings. The van der Waals surface area contributed by atoms with Gasteiger partial charge in [0.25, 0.3) is 0 Å². The van der Waals surface area contributed by atoms with Crippen LogP contribution in [-0.2, 0) is 88.0 Å². The largest absolute Gasteiger partial charge is 0.394 e. The molecular weight excluding hydrogens is 1540 g/mol. The number of rotatable bonds is 47. The number of amides is 13. The summed E-state index contributed by atoms with van der Waals surface area (Å²) >= 11 is 0. The SMILES string of the molecule is CC[C@H](C)[C@H](NC(=O)[C@H](CCCN=C(N)N)NC(=O)[C@H]1C[C@@H](O)CN1C(=O)[C@@H](CC(C)C)NC(=O)[C@H](Cc1ccccc1)NC(=O)[C@H](CCCCN)NC(=O)[C@H](CO)NC(=O)[C@H](Cc1ccccc1)NC(=O)[C@H](Cc1c[nH]c2ccccc12)NC(=O)[C@@H]1CCCN1C(=O)[C@@H](NC(=O)[C@@H](N)Cc1ccccc1)C(C)C)C(=O)N[C@@H](CC(C)C)C(N)=O. The first-order valence-corrected chi connectivity index (χ1v) is 41.6. The molecule has 4 aromatic carbocycles. The van der Waals surface area contributed by atoms with Crippen molar-refractivity contribution in [1.29, 1.82) is 0 Å². The van der Waals surface area contributed by atoms with Gasteiger partial charge < -0.3 is 107 Å². The van der Waals surface area contributed by atoms with E-state index in [0.717, 1.165) is 21.4 Å². The standard InChI is InChI=1S/C86H125N19O15/c1-9-52(8)72(83(118)96-63(73(89)108)39-49(2)3)103-76(111)62(34-23-37-92-86(90)91)95-82(117)70-45-57(107)47-105(70)84(119)67(40-50(4)5)100-77(112)64(42-54-27-15-11-16-28-54)97-75(110)61(33-21-22-36-87)94-80(115)68(48-106)101-78(113)65(43-55-29-17-12-18-30-55)98-79(114)66(44-56-46-93-60-32-20-19-31-58(56)60)99-81(116)69-35-24-38-104(69)85(120)71(51(6)7)102-74(109)59(88)41-53-25-13-10-14-26-53/h10-20,25-32,46,49-52,57,59,61-72,93,106-107H,9,21-24,33-45,47-48,87-88H2,1-8H3,(H2,89,108)(H,94,115)(H,95,117)(H,96,118)(H,97,110)(H,98,114)(H,99,116)(H,100,112)(H,101,113)(H,102,109)(H,103,111)(H4,90,91,92)/t52-,57+,59-,61-,62-,63-,64-,65-,66-,67+,68-,69-,70+,71-,72-/m0/s1. The van der Waals surface area contributed by atoms with E-state index in [1.807, 2.05) is 68.4 Å². The monoisotopic (exact) mass is 1660 g/mol. The summed E-state index contributed by atoms with van der Waals surface area (Å²) in [5.41, 5.74) is 32.4. The second kappa shape index (κ2) is 47.4. The summed E-state index contributed by atoms with van der Waals surface area (Å²) in [7, 11) is 0. The molecule has 13 amide bonds. The van der Waals surface area contributed by atoms with Crippen LogP contribution in [0, 0.1) is 23.7 Å².